The second-order valence-electron chi connectivity index (χ2n) is 5.88. The van der Waals surface area contributed by atoms with Gasteiger partial charge in [0.1, 0.15) is 0 Å². The van der Waals surface area contributed by atoms with Crippen molar-refractivity contribution in [3.8, 4) is 0 Å². The molecule has 1 atom stereocenters. The molecule has 0 aromatic heterocycles. The van der Waals surface area contributed by atoms with Gasteiger partial charge in [-0.3, -0.25) is 10.1 Å². The summed E-state index contributed by atoms with van der Waals surface area (Å²) < 4.78 is 5.58. The summed E-state index contributed by atoms with van der Waals surface area (Å²) >= 11 is 0. The summed E-state index contributed by atoms with van der Waals surface area (Å²) in [6, 6.07) is 0. The molecule has 4 heteroatoms. The predicted octanol–water partition coefficient (Wildman–Crippen LogP) is 1.75. The maximum Gasteiger partial charge on any atom is 0.244 e. The standard InChI is InChI=1S/C14H26N2O2/c1-4-5-9-18-10-8-16-12(11(2)3)15-14(6-7-14)13(16)17/h11-12,15H,4-10H2,1-3H3. The van der Waals surface area contributed by atoms with Gasteiger partial charge in [0.05, 0.1) is 18.3 Å². The minimum Gasteiger partial charge on any atom is -0.380 e. The SMILES string of the molecule is CCCCOCCN1C(=O)C2(CC2)NC1C(C)C. The Hall–Kier alpha value is -0.610. The molecule has 0 aromatic carbocycles. The normalized spacial score (nSPS) is 25.4. The molecule has 2 aliphatic rings. The molecule has 1 amide bonds. The number of nitrogens with zero attached hydrogens (tertiary/aromatic N) is 1. The fourth-order valence-electron chi connectivity index (χ4n) is 2.59. The van der Waals surface area contributed by atoms with Crippen molar-refractivity contribution in [2.75, 3.05) is 19.8 Å². The van der Waals surface area contributed by atoms with Gasteiger partial charge in [-0.1, -0.05) is 27.2 Å². The molecule has 1 aliphatic carbocycles. The lowest BCUT2D eigenvalue weighted by molar-refractivity contribution is -0.132. The average Bonchev–Trinajstić information content (AvgIpc) is 3.06. The van der Waals surface area contributed by atoms with E-state index in [1.807, 2.05) is 4.90 Å². The van der Waals surface area contributed by atoms with Gasteiger partial charge in [0.15, 0.2) is 0 Å². The molecule has 1 saturated heterocycles. The molecule has 2 fully saturated rings. The number of carbonyl (C=O) groups is 1. The highest BCUT2D eigenvalue weighted by Crippen LogP contribution is 2.43. The second kappa shape index (κ2) is 5.57. The highest BCUT2D eigenvalue weighted by atomic mass is 16.5. The van der Waals surface area contributed by atoms with Crippen LogP contribution in [0.3, 0.4) is 0 Å². The molecule has 0 radical (unpaired) electrons. The van der Waals surface area contributed by atoms with Gasteiger partial charge >= 0.3 is 0 Å². The Kier molecular flexibility index (Phi) is 4.28. The number of rotatable bonds is 7. The van der Waals surface area contributed by atoms with Crippen molar-refractivity contribution in [2.24, 2.45) is 5.92 Å². The van der Waals surface area contributed by atoms with E-state index < -0.39 is 0 Å². The van der Waals surface area contributed by atoms with Gasteiger partial charge in [-0.15, -0.1) is 0 Å². The first kappa shape index (κ1) is 13.8. The summed E-state index contributed by atoms with van der Waals surface area (Å²) in [4.78, 5) is 14.3. The lowest BCUT2D eigenvalue weighted by Gasteiger charge is -2.27. The van der Waals surface area contributed by atoms with Crippen molar-refractivity contribution in [1.82, 2.24) is 10.2 Å². The predicted molar refractivity (Wildman–Crippen MR) is 71.2 cm³/mol. The molecule has 4 nitrogen and oxygen atoms in total. The molecule has 1 spiro atoms. The molecule has 104 valence electrons. The fraction of sp³-hybridized carbons (Fsp3) is 0.929. The van der Waals surface area contributed by atoms with Crippen molar-refractivity contribution >= 4 is 5.91 Å². The number of unbranched alkanes of at least 4 members (excludes halogenated alkanes) is 1. The summed E-state index contributed by atoms with van der Waals surface area (Å²) in [5.41, 5.74) is -0.196. The Morgan fingerprint density at radius 3 is 2.72 bits per heavy atom. The molecular weight excluding hydrogens is 228 g/mol. The Bertz CT molecular complexity index is 300. The lowest BCUT2D eigenvalue weighted by atomic mass is 10.1. The fourth-order valence-corrected chi connectivity index (χ4v) is 2.59. The van der Waals surface area contributed by atoms with Crippen LogP contribution in [0.2, 0.25) is 0 Å². The van der Waals surface area contributed by atoms with Crippen LogP contribution in [-0.4, -0.2) is 42.3 Å². The molecule has 1 unspecified atom stereocenters. The van der Waals surface area contributed by atoms with Crippen molar-refractivity contribution in [1.29, 1.82) is 0 Å². The smallest absolute Gasteiger partial charge is 0.244 e. The summed E-state index contributed by atoms with van der Waals surface area (Å²) in [6.45, 7) is 8.67. The second-order valence-corrected chi connectivity index (χ2v) is 5.88. The topological polar surface area (TPSA) is 41.6 Å². The van der Waals surface area contributed by atoms with Crippen LogP contribution in [-0.2, 0) is 9.53 Å². The zero-order chi connectivity index (χ0) is 13.2. The van der Waals surface area contributed by atoms with Crippen LogP contribution in [0.25, 0.3) is 0 Å². The van der Waals surface area contributed by atoms with Gasteiger partial charge in [0.2, 0.25) is 5.91 Å². The number of amides is 1. The number of hydrogen-bond acceptors (Lipinski definition) is 3. The van der Waals surface area contributed by atoms with Crippen molar-refractivity contribution < 1.29 is 9.53 Å². The van der Waals surface area contributed by atoms with Gasteiger partial charge in [0.25, 0.3) is 0 Å². The monoisotopic (exact) mass is 254 g/mol. The van der Waals surface area contributed by atoms with Gasteiger partial charge < -0.3 is 9.64 Å². The molecule has 1 aliphatic heterocycles. The van der Waals surface area contributed by atoms with E-state index in [0.717, 1.165) is 38.8 Å². The van der Waals surface area contributed by atoms with E-state index in [1.54, 1.807) is 0 Å². The van der Waals surface area contributed by atoms with Crippen LogP contribution >= 0.6 is 0 Å². The first-order valence-corrected chi connectivity index (χ1v) is 7.27. The lowest BCUT2D eigenvalue weighted by Crippen LogP contribution is -2.43. The molecule has 1 saturated carbocycles. The maximum absolute atomic E-state index is 12.3. The summed E-state index contributed by atoms with van der Waals surface area (Å²) in [5, 5.41) is 3.51. The number of carbonyl (C=O) groups excluding carboxylic acids is 1. The summed E-state index contributed by atoms with van der Waals surface area (Å²) in [5.74, 6) is 0.741. The Labute approximate surface area is 110 Å². The van der Waals surface area contributed by atoms with E-state index in [9.17, 15) is 4.79 Å². The molecule has 2 rings (SSSR count). The largest absolute Gasteiger partial charge is 0.380 e. The zero-order valence-electron chi connectivity index (χ0n) is 11.9. The number of ether oxygens (including phenoxy) is 1. The number of hydrogen-bond donors (Lipinski definition) is 1. The average molecular weight is 254 g/mol. The number of nitrogens with one attached hydrogen (secondary N) is 1. The van der Waals surface area contributed by atoms with E-state index in [4.69, 9.17) is 4.74 Å². The van der Waals surface area contributed by atoms with Gasteiger partial charge in [-0.2, -0.15) is 0 Å². The molecular formula is C14H26N2O2. The third kappa shape index (κ3) is 2.69. The van der Waals surface area contributed by atoms with E-state index in [1.165, 1.54) is 0 Å². The molecule has 1 N–H and O–H groups in total. The highest BCUT2D eigenvalue weighted by molar-refractivity contribution is 5.91. The van der Waals surface area contributed by atoms with E-state index in [-0.39, 0.29) is 11.7 Å². The van der Waals surface area contributed by atoms with Crippen molar-refractivity contribution in [3.63, 3.8) is 0 Å². The minimum atomic E-state index is -0.196. The van der Waals surface area contributed by atoms with E-state index >= 15 is 0 Å². The van der Waals surface area contributed by atoms with E-state index in [2.05, 4.69) is 26.1 Å². The molecule has 0 bridgehead atoms. The van der Waals surface area contributed by atoms with Crippen LogP contribution in [0.5, 0.6) is 0 Å². The first-order chi connectivity index (χ1) is 8.60. The third-order valence-electron chi connectivity index (χ3n) is 3.93. The van der Waals surface area contributed by atoms with Gasteiger partial charge in [-0.05, 0) is 25.2 Å². The van der Waals surface area contributed by atoms with Crippen LogP contribution in [0.15, 0.2) is 0 Å². The first-order valence-electron chi connectivity index (χ1n) is 7.27. The van der Waals surface area contributed by atoms with Crippen molar-refractivity contribution in [2.45, 2.75) is 58.2 Å². The van der Waals surface area contributed by atoms with Crippen LogP contribution in [0.4, 0.5) is 0 Å². The third-order valence-corrected chi connectivity index (χ3v) is 3.93. The molecule has 0 aromatic rings. The van der Waals surface area contributed by atoms with Gasteiger partial charge in [-0.25, -0.2) is 0 Å². The minimum absolute atomic E-state index is 0.190. The Morgan fingerprint density at radius 2 is 2.17 bits per heavy atom. The van der Waals surface area contributed by atoms with Crippen molar-refractivity contribution in [3.05, 3.63) is 0 Å². The van der Waals surface area contributed by atoms with Crippen LogP contribution < -0.4 is 5.32 Å². The van der Waals surface area contributed by atoms with Gasteiger partial charge in [0, 0.05) is 13.2 Å². The molecule has 18 heavy (non-hydrogen) atoms. The Morgan fingerprint density at radius 1 is 1.44 bits per heavy atom. The highest BCUT2D eigenvalue weighted by Gasteiger charge is 2.59. The quantitative estimate of drug-likeness (QED) is 0.704. The maximum atomic E-state index is 12.3. The summed E-state index contributed by atoms with van der Waals surface area (Å²) in [7, 11) is 0. The molecule has 1 heterocycles. The van der Waals surface area contributed by atoms with Crippen LogP contribution in [0, 0.1) is 5.92 Å². The zero-order valence-corrected chi connectivity index (χ0v) is 11.9. The summed E-state index contributed by atoms with van der Waals surface area (Å²) in [6.07, 6.45) is 4.45. The Balaban J connectivity index is 1.82. The van der Waals surface area contributed by atoms with Crippen LogP contribution in [0.1, 0.15) is 46.5 Å². The van der Waals surface area contributed by atoms with E-state index in [0.29, 0.717) is 18.4 Å².